The molecular weight excluding hydrogens is 279 g/mol. The quantitative estimate of drug-likeness (QED) is 0.877. The third-order valence-electron chi connectivity index (χ3n) is 5.16. The van der Waals surface area contributed by atoms with Crippen molar-refractivity contribution in [2.45, 2.75) is 24.2 Å². The van der Waals surface area contributed by atoms with Crippen LogP contribution < -0.4 is 5.32 Å². The second-order valence-electron chi connectivity index (χ2n) is 6.25. The Kier molecular flexibility index (Phi) is 2.34. The molecule has 4 heteroatoms. The number of carbonyl (C=O) groups excluding carboxylic acids is 1. The molecule has 3 nitrogen and oxygen atoms in total. The summed E-state index contributed by atoms with van der Waals surface area (Å²) in [6.07, 6.45) is 0.647. The molecule has 2 aromatic carbocycles. The lowest BCUT2D eigenvalue weighted by Crippen LogP contribution is -2.27. The van der Waals surface area contributed by atoms with Gasteiger partial charge in [-0.1, -0.05) is 19.1 Å². The molecule has 1 fully saturated rings. The minimum atomic E-state index is -0.696. The minimum Gasteiger partial charge on any atom is -0.325 e. The van der Waals surface area contributed by atoms with Crippen molar-refractivity contribution in [1.82, 2.24) is 0 Å². The second-order valence-corrected chi connectivity index (χ2v) is 6.25. The van der Waals surface area contributed by atoms with Crippen molar-refractivity contribution in [3.05, 3.63) is 65.0 Å². The average molecular weight is 292 g/mol. The lowest BCUT2D eigenvalue weighted by Gasteiger charge is -2.17. The zero-order valence-electron chi connectivity index (χ0n) is 12.0. The topological polar surface area (TPSA) is 52.9 Å². The highest BCUT2D eigenvalue weighted by molar-refractivity contribution is 6.10. The van der Waals surface area contributed by atoms with Crippen molar-refractivity contribution < 1.29 is 9.18 Å². The summed E-state index contributed by atoms with van der Waals surface area (Å²) in [6.45, 7) is 2.02. The van der Waals surface area contributed by atoms with Crippen LogP contribution in [0.4, 0.5) is 10.1 Å². The molecule has 2 atom stereocenters. The molecule has 1 aliphatic heterocycles. The summed E-state index contributed by atoms with van der Waals surface area (Å²) >= 11 is 0. The predicted octanol–water partition coefficient (Wildman–Crippen LogP) is 3.25. The van der Waals surface area contributed by atoms with Crippen molar-refractivity contribution >= 4 is 11.6 Å². The van der Waals surface area contributed by atoms with E-state index in [2.05, 4.69) is 11.4 Å². The summed E-state index contributed by atoms with van der Waals surface area (Å²) < 4.78 is 13.6. The summed E-state index contributed by atoms with van der Waals surface area (Å²) in [7, 11) is 0. The van der Waals surface area contributed by atoms with Crippen molar-refractivity contribution in [3.8, 4) is 6.07 Å². The number of nitrogens with zero attached hydrogens (tertiary/aromatic N) is 1. The van der Waals surface area contributed by atoms with Crippen LogP contribution in [0.25, 0.3) is 0 Å². The van der Waals surface area contributed by atoms with Crippen LogP contribution in [0.15, 0.2) is 42.5 Å². The van der Waals surface area contributed by atoms with Crippen LogP contribution in [0.3, 0.4) is 0 Å². The van der Waals surface area contributed by atoms with E-state index in [9.17, 15) is 9.18 Å². The Morgan fingerprint density at radius 2 is 1.95 bits per heavy atom. The number of anilines is 1. The Bertz CT molecular complexity index is 852. The number of rotatable bonds is 1. The molecule has 0 radical (unpaired) electrons. The van der Waals surface area contributed by atoms with Gasteiger partial charge in [-0.05, 0) is 47.9 Å². The van der Waals surface area contributed by atoms with E-state index >= 15 is 0 Å². The Morgan fingerprint density at radius 1 is 1.23 bits per heavy atom. The van der Waals surface area contributed by atoms with E-state index in [0.717, 1.165) is 11.1 Å². The highest BCUT2D eigenvalue weighted by Crippen LogP contribution is 2.69. The maximum absolute atomic E-state index is 13.6. The molecule has 0 saturated heterocycles. The van der Waals surface area contributed by atoms with Gasteiger partial charge in [-0.3, -0.25) is 4.79 Å². The third-order valence-corrected chi connectivity index (χ3v) is 5.16. The largest absolute Gasteiger partial charge is 0.325 e. The highest BCUT2D eigenvalue weighted by atomic mass is 19.1. The van der Waals surface area contributed by atoms with Crippen LogP contribution in [-0.4, -0.2) is 5.91 Å². The fourth-order valence-electron chi connectivity index (χ4n) is 3.80. The number of hydrogen-bond donors (Lipinski definition) is 1. The van der Waals surface area contributed by atoms with E-state index in [1.165, 1.54) is 12.1 Å². The van der Waals surface area contributed by atoms with Gasteiger partial charge in [0, 0.05) is 11.1 Å². The Morgan fingerprint density at radius 3 is 2.64 bits per heavy atom. The van der Waals surface area contributed by atoms with Gasteiger partial charge in [-0.2, -0.15) is 5.26 Å². The number of nitrogens with one attached hydrogen (secondary N) is 1. The molecule has 1 aliphatic carbocycles. The third kappa shape index (κ3) is 1.41. The normalized spacial score (nSPS) is 28.1. The van der Waals surface area contributed by atoms with Gasteiger partial charge >= 0.3 is 0 Å². The molecule has 1 spiro atoms. The van der Waals surface area contributed by atoms with E-state index in [-0.39, 0.29) is 17.1 Å². The van der Waals surface area contributed by atoms with Crippen LogP contribution in [0.5, 0.6) is 0 Å². The van der Waals surface area contributed by atoms with E-state index in [1.807, 2.05) is 19.1 Å². The van der Waals surface area contributed by atoms with Crippen molar-refractivity contribution in [2.75, 3.05) is 5.32 Å². The van der Waals surface area contributed by atoms with Gasteiger partial charge in [-0.25, -0.2) is 4.39 Å². The first-order valence-electron chi connectivity index (χ1n) is 7.13. The smallest absolute Gasteiger partial charge is 0.236 e. The van der Waals surface area contributed by atoms with Gasteiger partial charge in [0.25, 0.3) is 0 Å². The van der Waals surface area contributed by atoms with Crippen molar-refractivity contribution in [1.29, 1.82) is 5.26 Å². The Hall–Kier alpha value is -2.67. The monoisotopic (exact) mass is 292 g/mol. The predicted molar refractivity (Wildman–Crippen MR) is 79.8 cm³/mol. The molecular formula is C18H13FN2O. The first-order chi connectivity index (χ1) is 10.5. The van der Waals surface area contributed by atoms with Gasteiger partial charge in [0.2, 0.25) is 5.91 Å². The van der Waals surface area contributed by atoms with Crippen LogP contribution in [0, 0.1) is 17.1 Å². The molecule has 2 unspecified atom stereocenters. The number of fused-ring (bicyclic) bond motifs is 2. The van der Waals surface area contributed by atoms with Crippen molar-refractivity contribution in [2.24, 2.45) is 0 Å². The number of carbonyl (C=O) groups is 1. The lowest BCUT2D eigenvalue weighted by molar-refractivity contribution is -0.118. The second kappa shape index (κ2) is 3.95. The fourth-order valence-corrected chi connectivity index (χ4v) is 3.80. The number of amides is 1. The minimum absolute atomic E-state index is 0.0695. The Labute approximate surface area is 127 Å². The van der Waals surface area contributed by atoms with Gasteiger partial charge in [0.15, 0.2) is 0 Å². The van der Waals surface area contributed by atoms with E-state index in [1.54, 1.807) is 18.2 Å². The average Bonchev–Trinajstić information content (AvgIpc) is 3.08. The van der Waals surface area contributed by atoms with E-state index in [0.29, 0.717) is 17.7 Å². The maximum Gasteiger partial charge on any atom is 0.236 e. The molecule has 1 heterocycles. The number of nitriles is 1. The van der Waals surface area contributed by atoms with Gasteiger partial charge in [0.1, 0.15) is 5.82 Å². The highest BCUT2D eigenvalue weighted by Gasteiger charge is 2.73. The molecule has 108 valence electrons. The van der Waals surface area contributed by atoms with Crippen LogP contribution >= 0.6 is 0 Å². The summed E-state index contributed by atoms with van der Waals surface area (Å²) in [5.74, 6) is -0.399. The standard InChI is InChI=1S/C18H13FN2O/c1-17(12-4-2-11(9-20)3-5-12)10-18(17)14-8-13(19)6-7-15(14)21-16(18)22/h2-8H,10H2,1H3,(H,21,22). The molecule has 1 amide bonds. The SMILES string of the molecule is CC1(c2ccc(C#N)cc2)CC12C(=O)Nc1ccc(F)cc12. The summed E-state index contributed by atoms with van der Waals surface area (Å²) in [5, 5.41) is 11.8. The van der Waals surface area contributed by atoms with Gasteiger partial charge in [-0.15, -0.1) is 0 Å². The summed E-state index contributed by atoms with van der Waals surface area (Å²) in [6, 6.07) is 13.8. The van der Waals surface area contributed by atoms with Gasteiger partial charge in [0.05, 0.1) is 17.0 Å². The molecule has 0 aromatic heterocycles. The number of hydrogen-bond acceptors (Lipinski definition) is 2. The zero-order chi connectivity index (χ0) is 15.5. The molecule has 1 N–H and O–H groups in total. The summed E-state index contributed by atoms with van der Waals surface area (Å²) in [5.41, 5.74) is 1.96. The van der Waals surface area contributed by atoms with Crippen LogP contribution in [-0.2, 0) is 15.6 Å². The van der Waals surface area contributed by atoms with Crippen molar-refractivity contribution in [3.63, 3.8) is 0 Å². The summed E-state index contributed by atoms with van der Waals surface area (Å²) in [4.78, 5) is 12.6. The van der Waals surface area contributed by atoms with Crippen LogP contribution in [0.2, 0.25) is 0 Å². The first-order valence-corrected chi connectivity index (χ1v) is 7.13. The first kappa shape index (κ1) is 13.0. The van der Waals surface area contributed by atoms with E-state index in [4.69, 9.17) is 5.26 Å². The molecule has 2 aliphatic rings. The fraction of sp³-hybridized carbons (Fsp3) is 0.222. The molecule has 0 bridgehead atoms. The number of benzene rings is 2. The Balaban J connectivity index is 1.83. The van der Waals surface area contributed by atoms with Gasteiger partial charge < -0.3 is 5.32 Å². The number of halogens is 1. The maximum atomic E-state index is 13.6. The molecule has 22 heavy (non-hydrogen) atoms. The molecule has 2 aromatic rings. The molecule has 1 saturated carbocycles. The zero-order valence-corrected chi connectivity index (χ0v) is 12.0. The van der Waals surface area contributed by atoms with E-state index < -0.39 is 5.41 Å². The lowest BCUT2D eigenvalue weighted by atomic mass is 9.83. The molecule has 4 rings (SSSR count). The van der Waals surface area contributed by atoms with Crippen LogP contribution in [0.1, 0.15) is 30.0 Å².